The molecule has 1 fully saturated rings. The number of aryl methyl sites for hydroxylation is 1. The first-order valence-corrected chi connectivity index (χ1v) is 7.52. The van der Waals surface area contributed by atoms with E-state index in [2.05, 4.69) is 17.4 Å². The quantitative estimate of drug-likeness (QED) is 0.872. The highest BCUT2D eigenvalue weighted by molar-refractivity contribution is 5.83. The van der Waals surface area contributed by atoms with Crippen LogP contribution in [0.4, 0.5) is 4.79 Å². The molecule has 0 bridgehead atoms. The molecule has 1 heterocycles. The molecule has 2 N–H and O–H groups in total. The van der Waals surface area contributed by atoms with Crippen LogP contribution >= 0.6 is 0 Å². The lowest BCUT2D eigenvalue weighted by molar-refractivity contribution is -0.141. The number of hydrogen-bond donors (Lipinski definition) is 2. The number of carbonyl (C=O) groups is 2. The summed E-state index contributed by atoms with van der Waals surface area (Å²) in [6.07, 6.45) is 4.01. The van der Waals surface area contributed by atoms with Crippen LogP contribution in [0, 0.1) is 0 Å². The monoisotopic (exact) mass is 288 g/mol. The van der Waals surface area contributed by atoms with E-state index in [4.69, 9.17) is 5.11 Å². The molecule has 0 spiro atoms. The Hall–Kier alpha value is -2.04. The number of rotatable bonds is 2. The topological polar surface area (TPSA) is 69.6 Å². The highest BCUT2D eigenvalue weighted by Crippen LogP contribution is 2.22. The van der Waals surface area contributed by atoms with Gasteiger partial charge in [0, 0.05) is 12.6 Å². The molecular formula is C16H20N2O3. The van der Waals surface area contributed by atoms with Crippen molar-refractivity contribution in [2.45, 2.75) is 44.2 Å². The Labute approximate surface area is 123 Å². The molecule has 3 rings (SSSR count). The van der Waals surface area contributed by atoms with Gasteiger partial charge in [-0.3, -0.25) is 0 Å². The summed E-state index contributed by atoms with van der Waals surface area (Å²) in [4.78, 5) is 24.9. The third-order valence-corrected chi connectivity index (χ3v) is 4.47. The molecular weight excluding hydrogens is 268 g/mol. The Balaban J connectivity index is 1.62. The predicted molar refractivity (Wildman–Crippen MR) is 78.2 cm³/mol. The summed E-state index contributed by atoms with van der Waals surface area (Å²) in [5, 5.41) is 12.2. The van der Waals surface area contributed by atoms with Gasteiger partial charge in [-0.2, -0.15) is 0 Å². The normalized spacial score (nSPS) is 24.5. The molecule has 112 valence electrons. The van der Waals surface area contributed by atoms with Gasteiger partial charge in [-0.25, -0.2) is 9.59 Å². The smallest absolute Gasteiger partial charge is 0.326 e. The lowest BCUT2D eigenvalue weighted by Crippen LogP contribution is -2.50. The average Bonchev–Trinajstić information content (AvgIpc) is 2.97. The number of nitrogens with zero attached hydrogens (tertiary/aromatic N) is 1. The summed E-state index contributed by atoms with van der Waals surface area (Å²) in [5.41, 5.74) is 2.64. The molecule has 2 atom stereocenters. The maximum atomic E-state index is 12.3. The lowest BCUT2D eigenvalue weighted by atomic mass is 9.88. The van der Waals surface area contributed by atoms with Gasteiger partial charge in [0.05, 0.1) is 0 Å². The van der Waals surface area contributed by atoms with Crippen LogP contribution in [0.3, 0.4) is 0 Å². The molecule has 1 unspecified atom stereocenters. The lowest BCUT2D eigenvalue weighted by Gasteiger charge is -2.29. The Kier molecular flexibility index (Phi) is 3.82. The molecule has 1 aliphatic carbocycles. The van der Waals surface area contributed by atoms with E-state index >= 15 is 0 Å². The van der Waals surface area contributed by atoms with E-state index in [9.17, 15) is 9.59 Å². The van der Waals surface area contributed by atoms with Crippen LogP contribution in [0.1, 0.15) is 30.4 Å². The fraction of sp³-hybridized carbons (Fsp3) is 0.500. The molecule has 1 saturated heterocycles. The number of benzene rings is 1. The molecule has 1 aromatic carbocycles. The fourth-order valence-electron chi connectivity index (χ4n) is 3.35. The van der Waals surface area contributed by atoms with Crippen LogP contribution in [0.5, 0.6) is 0 Å². The predicted octanol–water partition coefficient (Wildman–Crippen LogP) is 1.80. The second kappa shape index (κ2) is 5.76. The first-order chi connectivity index (χ1) is 10.1. The summed E-state index contributed by atoms with van der Waals surface area (Å²) in [6.45, 7) is 0.534. The molecule has 0 radical (unpaired) electrons. The van der Waals surface area contributed by atoms with Crippen molar-refractivity contribution >= 4 is 12.0 Å². The number of hydrogen-bond acceptors (Lipinski definition) is 2. The third kappa shape index (κ3) is 2.86. The highest BCUT2D eigenvalue weighted by atomic mass is 16.4. The van der Waals surface area contributed by atoms with Gasteiger partial charge in [-0.1, -0.05) is 24.3 Å². The minimum absolute atomic E-state index is 0.0995. The number of aliphatic carboxylic acids is 1. The van der Waals surface area contributed by atoms with Gasteiger partial charge >= 0.3 is 12.0 Å². The summed E-state index contributed by atoms with van der Waals surface area (Å²) < 4.78 is 0. The molecule has 1 aromatic rings. The van der Waals surface area contributed by atoms with Gasteiger partial charge in [0.2, 0.25) is 0 Å². The summed E-state index contributed by atoms with van der Waals surface area (Å²) in [5.74, 6) is -0.906. The van der Waals surface area contributed by atoms with E-state index in [1.165, 1.54) is 16.0 Å². The Morgan fingerprint density at radius 2 is 1.95 bits per heavy atom. The van der Waals surface area contributed by atoms with Gasteiger partial charge in [0.25, 0.3) is 0 Å². The standard InChI is InChI=1S/C16H20N2O3/c19-15(20)14-6-3-9-18(14)16(21)17-13-8-7-11-4-1-2-5-12(11)10-13/h1-2,4-5,13-14H,3,6-10H2,(H,17,21)(H,19,20)/t13?,14-/m1/s1. The van der Waals surface area contributed by atoms with Crippen LogP contribution < -0.4 is 5.32 Å². The largest absolute Gasteiger partial charge is 0.480 e. The Morgan fingerprint density at radius 3 is 2.71 bits per heavy atom. The second-order valence-corrected chi connectivity index (χ2v) is 5.85. The van der Waals surface area contributed by atoms with Crippen molar-refractivity contribution in [3.63, 3.8) is 0 Å². The zero-order chi connectivity index (χ0) is 14.8. The van der Waals surface area contributed by atoms with Gasteiger partial charge in [0.15, 0.2) is 0 Å². The van der Waals surface area contributed by atoms with E-state index < -0.39 is 12.0 Å². The number of carboxylic acids is 1. The molecule has 5 nitrogen and oxygen atoms in total. The molecule has 0 saturated carbocycles. The van der Waals surface area contributed by atoms with Crippen molar-refractivity contribution in [1.29, 1.82) is 0 Å². The van der Waals surface area contributed by atoms with E-state index in [0.29, 0.717) is 13.0 Å². The van der Waals surface area contributed by atoms with Crippen molar-refractivity contribution in [2.75, 3.05) is 6.54 Å². The number of urea groups is 1. The number of carbonyl (C=O) groups excluding carboxylic acids is 1. The van der Waals surface area contributed by atoms with Crippen LogP contribution in [-0.4, -0.2) is 40.6 Å². The number of likely N-dealkylation sites (tertiary alicyclic amines) is 1. The summed E-state index contributed by atoms with van der Waals surface area (Å²) in [7, 11) is 0. The van der Waals surface area contributed by atoms with Crippen LogP contribution in [-0.2, 0) is 17.6 Å². The highest BCUT2D eigenvalue weighted by Gasteiger charge is 2.35. The first kappa shape index (κ1) is 13.9. The maximum absolute atomic E-state index is 12.3. The first-order valence-electron chi connectivity index (χ1n) is 7.52. The van der Waals surface area contributed by atoms with Crippen molar-refractivity contribution in [2.24, 2.45) is 0 Å². The van der Waals surface area contributed by atoms with Crippen molar-refractivity contribution in [3.8, 4) is 0 Å². The van der Waals surface area contributed by atoms with Crippen LogP contribution in [0.2, 0.25) is 0 Å². The number of carboxylic acid groups (broad SMARTS) is 1. The minimum Gasteiger partial charge on any atom is -0.480 e. The molecule has 2 amide bonds. The van der Waals surface area contributed by atoms with Crippen molar-refractivity contribution in [1.82, 2.24) is 10.2 Å². The molecule has 2 aliphatic rings. The van der Waals surface area contributed by atoms with E-state index in [1.807, 2.05) is 12.1 Å². The third-order valence-electron chi connectivity index (χ3n) is 4.47. The zero-order valence-electron chi connectivity index (χ0n) is 11.9. The minimum atomic E-state index is -0.906. The number of nitrogens with one attached hydrogen (secondary N) is 1. The molecule has 5 heteroatoms. The zero-order valence-corrected chi connectivity index (χ0v) is 11.9. The van der Waals surface area contributed by atoms with Gasteiger partial charge < -0.3 is 15.3 Å². The second-order valence-electron chi connectivity index (χ2n) is 5.85. The summed E-state index contributed by atoms with van der Waals surface area (Å²) in [6, 6.07) is 7.49. The molecule has 21 heavy (non-hydrogen) atoms. The van der Waals surface area contributed by atoms with E-state index in [1.54, 1.807) is 0 Å². The van der Waals surface area contributed by atoms with E-state index in [-0.39, 0.29) is 12.1 Å². The van der Waals surface area contributed by atoms with Gasteiger partial charge in [-0.15, -0.1) is 0 Å². The van der Waals surface area contributed by atoms with Gasteiger partial charge in [0.1, 0.15) is 6.04 Å². The van der Waals surface area contributed by atoms with Crippen LogP contribution in [0.15, 0.2) is 24.3 Å². The van der Waals surface area contributed by atoms with Crippen LogP contribution in [0.25, 0.3) is 0 Å². The Morgan fingerprint density at radius 1 is 1.19 bits per heavy atom. The Bertz CT molecular complexity index is 558. The average molecular weight is 288 g/mol. The SMILES string of the molecule is O=C(O)[C@H]1CCCN1C(=O)NC1CCc2ccccc2C1. The number of fused-ring (bicyclic) bond motifs is 1. The summed E-state index contributed by atoms with van der Waals surface area (Å²) >= 11 is 0. The van der Waals surface area contributed by atoms with E-state index in [0.717, 1.165) is 25.7 Å². The van der Waals surface area contributed by atoms with Gasteiger partial charge in [-0.05, 0) is 43.2 Å². The molecule has 0 aromatic heterocycles. The number of amides is 2. The van der Waals surface area contributed by atoms with Crippen molar-refractivity contribution < 1.29 is 14.7 Å². The fourth-order valence-corrected chi connectivity index (χ4v) is 3.35. The molecule has 1 aliphatic heterocycles. The maximum Gasteiger partial charge on any atom is 0.326 e. The van der Waals surface area contributed by atoms with Crippen molar-refractivity contribution in [3.05, 3.63) is 35.4 Å².